The molecule has 5 fully saturated rings. The Labute approximate surface area is 396 Å². The molecule has 5 saturated carbocycles. The highest BCUT2D eigenvalue weighted by Gasteiger charge is 2.49. The van der Waals surface area contributed by atoms with E-state index in [9.17, 15) is 14.0 Å². The van der Waals surface area contributed by atoms with Crippen LogP contribution in [0.3, 0.4) is 0 Å². The van der Waals surface area contributed by atoms with Crippen LogP contribution in [0.5, 0.6) is 0 Å². The molecule has 5 aliphatic carbocycles. The van der Waals surface area contributed by atoms with Gasteiger partial charge in [-0.3, -0.25) is 28.9 Å². The standard InChI is InChI=1S/C57H55FN8O2/c1-34-7-15-45(53(61-34)38-11-12-39-28-63(27-36-9-10-36)55(67)47(39)21-38)43-26-60-65(31-43)33-57-19-17-37(18-20-57)50(24-57)48-22-41(23-49-51(48)32-66(56(49)68)44-13-14-44)54-46(16-8-35(2)62-54)42-25-59-64(30-42)29-40-5-3-4-6-52(40)58/h3-8,11-12,15-16,21-23,25-26,30-31,36-37,44,50H,9-10,13-14,17-20,24,27-29,32-33H2,1-2H3. The SMILES string of the molecule is Cc1ccc(-c2cnn(CC34CCC(CC3)C(c3cc(-c5nc(C)ccc5-c5cnn(Cc6ccccc6F)c5)cc5c3CN(C3CC3)C5=O)C4)c2)c(-c2ccc3c(c2)C(=O)N(CC2CC2)C3)n1. The lowest BCUT2D eigenvalue weighted by atomic mass is 9.54. The van der Waals surface area contributed by atoms with E-state index in [2.05, 4.69) is 69.4 Å². The summed E-state index contributed by atoms with van der Waals surface area (Å²) in [6, 6.07) is 26.3. The molecule has 0 radical (unpaired) electrons. The molecule has 2 aliphatic heterocycles. The number of carbonyl (C=O) groups is 2. The second kappa shape index (κ2) is 15.9. The Kier molecular flexibility index (Phi) is 9.70. The zero-order chi connectivity index (χ0) is 45.8. The predicted molar refractivity (Wildman–Crippen MR) is 259 cm³/mol. The van der Waals surface area contributed by atoms with Gasteiger partial charge in [-0.25, -0.2) is 4.39 Å². The number of aromatic nitrogens is 6. The van der Waals surface area contributed by atoms with Gasteiger partial charge < -0.3 is 9.80 Å². The van der Waals surface area contributed by atoms with E-state index in [1.54, 1.807) is 16.8 Å². The number of pyridine rings is 2. The third-order valence-electron chi connectivity index (χ3n) is 16.3. The number of benzene rings is 3. The molecule has 0 N–H and O–H groups in total. The molecule has 14 rings (SSSR count). The minimum Gasteiger partial charge on any atom is -0.334 e. The van der Waals surface area contributed by atoms with Crippen LogP contribution in [0.15, 0.2) is 104 Å². The van der Waals surface area contributed by atoms with E-state index in [-0.39, 0.29) is 23.0 Å². The summed E-state index contributed by atoms with van der Waals surface area (Å²) in [6.45, 7) is 7.41. The van der Waals surface area contributed by atoms with Crippen molar-refractivity contribution in [1.29, 1.82) is 0 Å². The predicted octanol–water partition coefficient (Wildman–Crippen LogP) is 11.2. The van der Waals surface area contributed by atoms with Gasteiger partial charge in [-0.15, -0.1) is 0 Å². The van der Waals surface area contributed by atoms with E-state index in [0.29, 0.717) is 49.0 Å². The lowest BCUT2D eigenvalue weighted by Crippen LogP contribution is -2.42. The lowest BCUT2D eigenvalue weighted by Gasteiger charge is -2.51. The van der Waals surface area contributed by atoms with E-state index >= 15 is 0 Å². The Bertz CT molecular complexity index is 3190. The molecule has 1 unspecified atom stereocenters. The molecule has 0 spiro atoms. The quantitative estimate of drug-likeness (QED) is 0.121. The first-order valence-electron chi connectivity index (χ1n) is 24.8. The van der Waals surface area contributed by atoms with Crippen LogP contribution in [0.1, 0.15) is 118 Å². The molecule has 0 saturated heterocycles. The maximum Gasteiger partial charge on any atom is 0.254 e. The zero-order valence-electron chi connectivity index (χ0n) is 38.8. The molecule has 2 bridgehead atoms. The Morgan fingerprint density at radius 3 is 2.09 bits per heavy atom. The van der Waals surface area contributed by atoms with Crippen molar-refractivity contribution in [3.63, 3.8) is 0 Å². The van der Waals surface area contributed by atoms with Crippen LogP contribution in [-0.2, 0) is 26.2 Å². The second-order valence-electron chi connectivity index (χ2n) is 21.0. The minimum atomic E-state index is -0.249. The molecule has 7 aromatic rings. The van der Waals surface area contributed by atoms with Crippen molar-refractivity contribution in [2.45, 2.75) is 110 Å². The molecule has 1 atom stereocenters. The van der Waals surface area contributed by atoms with Crippen LogP contribution in [0.2, 0.25) is 0 Å². The average molecular weight is 903 g/mol. The zero-order valence-corrected chi connectivity index (χ0v) is 38.8. The fraction of sp³-hybridized carbons (Fsp3) is 0.368. The Hall–Kier alpha value is -6.75. The number of amides is 2. The number of halogens is 1. The van der Waals surface area contributed by atoms with Crippen molar-refractivity contribution < 1.29 is 14.0 Å². The first kappa shape index (κ1) is 41.4. The van der Waals surface area contributed by atoms with Gasteiger partial charge in [0, 0.05) is 106 Å². The van der Waals surface area contributed by atoms with Crippen LogP contribution in [-0.4, -0.2) is 63.7 Å². The highest BCUT2D eigenvalue weighted by atomic mass is 19.1. The summed E-state index contributed by atoms with van der Waals surface area (Å²) in [7, 11) is 0. The summed E-state index contributed by atoms with van der Waals surface area (Å²) >= 11 is 0. The summed E-state index contributed by atoms with van der Waals surface area (Å²) in [5.74, 6) is 1.53. The molecule has 3 aromatic carbocycles. The molecule has 10 nitrogen and oxygen atoms in total. The number of aryl methyl sites for hydroxylation is 2. The average Bonchev–Trinajstić information content (AvgIpc) is 4.21. The van der Waals surface area contributed by atoms with E-state index in [1.807, 2.05) is 49.5 Å². The van der Waals surface area contributed by atoms with Gasteiger partial charge in [0.15, 0.2) is 0 Å². The summed E-state index contributed by atoms with van der Waals surface area (Å²) < 4.78 is 18.6. The minimum absolute atomic E-state index is 0.0605. The monoisotopic (exact) mass is 902 g/mol. The lowest BCUT2D eigenvalue weighted by molar-refractivity contribution is 0.0251. The van der Waals surface area contributed by atoms with Crippen LogP contribution < -0.4 is 0 Å². The van der Waals surface area contributed by atoms with Gasteiger partial charge in [0.25, 0.3) is 11.8 Å². The number of nitrogens with zero attached hydrogens (tertiary/aromatic N) is 8. The van der Waals surface area contributed by atoms with E-state index in [1.165, 1.54) is 30.0 Å². The highest BCUT2D eigenvalue weighted by Crippen LogP contribution is 2.59. The van der Waals surface area contributed by atoms with Crippen LogP contribution in [0, 0.1) is 36.9 Å². The molecular weight excluding hydrogens is 848 g/mol. The molecule has 11 heteroatoms. The summed E-state index contributed by atoms with van der Waals surface area (Å²) in [5.41, 5.74) is 15.2. The smallest absolute Gasteiger partial charge is 0.254 e. The second-order valence-corrected chi connectivity index (χ2v) is 21.0. The largest absolute Gasteiger partial charge is 0.334 e. The molecular formula is C57H55FN8O2. The molecule has 68 heavy (non-hydrogen) atoms. The number of fused-ring (bicyclic) bond motifs is 5. The van der Waals surface area contributed by atoms with Crippen molar-refractivity contribution in [2.24, 2.45) is 17.3 Å². The fourth-order valence-electron chi connectivity index (χ4n) is 12.3. The Balaban J connectivity index is 0.813. The highest BCUT2D eigenvalue weighted by molar-refractivity contribution is 6.01. The number of hydrogen-bond donors (Lipinski definition) is 0. The van der Waals surface area contributed by atoms with Gasteiger partial charge in [0.1, 0.15) is 5.82 Å². The Morgan fingerprint density at radius 1 is 0.676 bits per heavy atom. The van der Waals surface area contributed by atoms with E-state index in [0.717, 1.165) is 131 Å². The first-order chi connectivity index (χ1) is 33.1. The van der Waals surface area contributed by atoms with Crippen LogP contribution in [0.25, 0.3) is 44.8 Å². The maximum atomic E-state index is 14.7. The number of carbonyl (C=O) groups excluding carboxylic acids is 2. The summed E-state index contributed by atoms with van der Waals surface area (Å²) in [6.07, 6.45) is 18.2. The van der Waals surface area contributed by atoms with E-state index < -0.39 is 0 Å². The molecule has 6 heterocycles. The van der Waals surface area contributed by atoms with Crippen molar-refractivity contribution in [1.82, 2.24) is 39.3 Å². The topological polar surface area (TPSA) is 102 Å². The van der Waals surface area contributed by atoms with Gasteiger partial charge in [-0.2, -0.15) is 10.2 Å². The van der Waals surface area contributed by atoms with Crippen molar-refractivity contribution >= 4 is 11.8 Å². The van der Waals surface area contributed by atoms with Gasteiger partial charge in [-0.05, 0) is 148 Å². The molecule has 2 amide bonds. The van der Waals surface area contributed by atoms with Gasteiger partial charge in [-0.1, -0.05) is 42.5 Å². The fourth-order valence-corrected chi connectivity index (χ4v) is 12.3. The van der Waals surface area contributed by atoms with Crippen molar-refractivity contribution in [3.05, 3.63) is 154 Å². The molecule has 342 valence electrons. The maximum absolute atomic E-state index is 14.7. The third-order valence-corrected chi connectivity index (χ3v) is 16.3. The Morgan fingerprint density at radius 2 is 1.37 bits per heavy atom. The number of hydrogen-bond acceptors (Lipinski definition) is 6. The number of rotatable bonds is 12. The van der Waals surface area contributed by atoms with Gasteiger partial charge in [0.2, 0.25) is 0 Å². The van der Waals surface area contributed by atoms with Crippen molar-refractivity contribution in [2.75, 3.05) is 6.54 Å². The molecule has 7 aliphatic rings. The first-order valence-corrected chi connectivity index (χ1v) is 24.8. The van der Waals surface area contributed by atoms with Crippen LogP contribution in [0.4, 0.5) is 4.39 Å². The summed E-state index contributed by atoms with van der Waals surface area (Å²) in [4.78, 5) is 42.3. The summed E-state index contributed by atoms with van der Waals surface area (Å²) in [5, 5.41) is 9.70. The van der Waals surface area contributed by atoms with Crippen LogP contribution >= 0.6 is 0 Å². The van der Waals surface area contributed by atoms with E-state index in [4.69, 9.17) is 15.1 Å². The van der Waals surface area contributed by atoms with Gasteiger partial charge in [0.05, 0.1) is 30.3 Å². The van der Waals surface area contributed by atoms with Crippen molar-refractivity contribution in [3.8, 4) is 44.8 Å². The van der Waals surface area contributed by atoms with Gasteiger partial charge >= 0.3 is 0 Å². The third kappa shape index (κ3) is 7.36. The normalized spacial score (nSPS) is 21.8. The molecule has 4 aromatic heterocycles.